The first-order valence-corrected chi connectivity index (χ1v) is 4.25. The lowest BCUT2D eigenvalue weighted by atomic mass is 10.3. The Labute approximate surface area is 84.8 Å². The van der Waals surface area contributed by atoms with Crippen LogP contribution in [0.4, 0.5) is 0 Å². The van der Waals surface area contributed by atoms with E-state index in [0.717, 1.165) is 6.20 Å². The summed E-state index contributed by atoms with van der Waals surface area (Å²) in [7, 11) is 0. The van der Waals surface area contributed by atoms with Gasteiger partial charge in [0.15, 0.2) is 0 Å². The van der Waals surface area contributed by atoms with Crippen LogP contribution in [0.1, 0.15) is 10.5 Å². The van der Waals surface area contributed by atoms with Crippen LogP contribution in [0.5, 0.6) is 0 Å². The smallest absolute Gasteiger partial charge is 0.271 e. The zero-order chi connectivity index (χ0) is 11.3. The number of carbonyl (C=O) groups excluding carboxylic acids is 1. The number of aromatic amines is 1. The largest absolute Gasteiger partial charge is 0.394 e. The van der Waals surface area contributed by atoms with Gasteiger partial charge in [-0.1, -0.05) is 0 Å². The fourth-order valence-corrected chi connectivity index (χ4v) is 0.832. The quantitative estimate of drug-likeness (QED) is 0.455. The molecule has 0 fully saturated rings. The number of nitrogens with one attached hydrogen (secondary N) is 2. The topological polar surface area (TPSA) is 115 Å². The van der Waals surface area contributed by atoms with E-state index >= 15 is 0 Å². The molecule has 1 unspecified atom stereocenters. The van der Waals surface area contributed by atoms with Gasteiger partial charge in [0.05, 0.1) is 18.9 Å². The zero-order valence-electron chi connectivity index (χ0n) is 7.80. The summed E-state index contributed by atoms with van der Waals surface area (Å²) in [5.74, 6) is -0.529. The first-order valence-electron chi connectivity index (χ1n) is 4.25. The third-order valence-corrected chi connectivity index (χ3v) is 1.61. The number of amides is 1. The molecule has 0 aromatic carbocycles. The molecule has 1 amide bonds. The minimum absolute atomic E-state index is 0.0414. The van der Waals surface area contributed by atoms with Crippen LogP contribution in [-0.2, 0) is 0 Å². The second-order valence-electron chi connectivity index (χ2n) is 2.84. The molecular formula is C8H11N3O4. The van der Waals surface area contributed by atoms with E-state index in [0.29, 0.717) is 0 Å². The van der Waals surface area contributed by atoms with Gasteiger partial charge in [0.2, 0.25) is 0 Å². The van der Waals surface area contributed by atoms with Gasteiger partial charge in [0.25, 0.3) is 11.5 Å². The normalized spacial score (nSPS) is 12.1. The van der Waals surface area contributed by atoms with Crippen molar-refractivity contribution in [3.05, 3.63) is 28.4 Å². The van der Waals surface area contributed by atoms with Gasteiger partial charge in [-0.05, 0) is 0 Å². The first-order chi connectivity index (χ1) is 7.13. The molecule has 7 nitrogen and oxygen atoms in total. The van der Waals surface area contributed by atoms with E-state index in [2.05, 4.69) is 15.3 Å². The molecule has 1 aromatic heterocycles. The molecule has 0 saturated carbocycles. The molecule has 1 heterocycles. The number of aliphatic hydroxyl groups is 2. The fraction of sp³-hybridized carbons (Fsp3) is 0.375. The highest BCUT2D eigenvalue weighted by Crippen LogP contribution is 1.87. The number of carbonyl (C=O) groups is 1. The third kappa shape index (κ3) is 3.49. The van der Waals surface area contributed by atoms with Crippen molar-refractivity contribution in [2.45, 2.75) is 6.10 Å². The van der Waals surface area contributed by atoms with Crippen molar-refractivity contribution in [3.63, 3.8) is 0 Å². The highest BCUT2D eigenvalue weighted by atomic mass is 16.3. The van der Waals surface area contributed by atoms with Crippen LogP contribution in [0.2, 0.25) is 0 Å². The molecule has 7 heteroatoms. The number of aromatic nitrogens is 2. The van der Waals surface area contributed by atoms with E-state index in [9.17, 15) is 9.59 Å². The van der Waals surface area contributed by atoms with Crippen molar-refractivity contribution in [2.75, 3.05) is 13.2 Å². The van der Waals surface area contributed by atoms with Gasteiger partial charge in [-0.15, -0.1) is 0 Å². The predicted octanol–water partition coefficient (Wildman–Crippen LogP) is -2.15. The zero-order valence-corrected chi connectivity index (χ0v) is 7.80. The number of H-pyrrole nitrogens is 1. The Balaban J connectivity index is 2.54. The summed E-state index contributed by atoms with van der Waals surface area (Å²) in [6.07, 6.45) is 1.15. The number of aliphatic hydroxyl groups excluding tert-OH is 2. The molecule has 0 saturated heterocycles. The van der Waals surface area contributed by atoms with Crippen LogP contribution in [0, 0.1) is 0 Å². The molecule has 1 atom stereocenters. The monoisotopic (exact) mass is 213 g/mol. The maximum Gasteiger partial charge on any atom is 0.271 e. The summed E-state index contributed by atoms with van der Waals surface area (Å²) in [4.78, 5) is 27.8. The number of rotatable bonds is 4. The van der Waals surface area contributed by atoms with Crippen molar-refractivity contribution in [2.24, 2.45) is 0 Å². The maximum atomic E-state index is 11.3. The third-order valence-electron chi connectivity index (χ3n) is 1.61. The molecule has 1 aromatic rings. The Bertz CT molecular complexity index is 369. The highest BCUT2D eigenvalue weighted by Gasteiger charge is 2.08. The average molecular weight is 213 g/mol. The van der Waals surface area contributed by atoms with Gasteiger partial charge in [0.1, 0.15) is 5.69 Å². The Morgan fingerprint density at radius 1 is 1.67 bits per heavy atom. The molecule has 0 radical (unpaired) electrons. The van der Waals surface area contributed by atoms with Crippen LogP contribution < -0.4 is 10.9 Å². The van der Waals surface area contributed by atoms with Crippen molar-refractivity contribution in [1.82, 2.24) is 15.3 Å². The van der Waals surface area contributed by atoms with Gasteiger partial charge in [-0.25, -0.2) is 4.98 Å². The van der Waals surface area contributed by atoms with Gasteiger partial charge in [0, 0.05) is 12.7 Å². The molecule has 82 valence electrons. The Morgan fingerprint density at radius 3 is 2.93 bits per heavy atom. The van der Waals surface area contributed by atoms with Crippen LogP contribution >= 0.6 is 0 Å². The van der Waals surface area contributed by atoms with E-state index in [-0.39, 0.29) is 12.2 Å². The van der Waals surface area contributed by atoms with E-state index in [1.54, 1.807) is 0 Å². The molecule has 0 aliphatic carbocycles. The van der Waals surface area contributed by atoms with Gasteiger partial charge < -0.3 is 20.5 Å². The van der Waals surface area contributed by atoms with E-state index in [1.165, 1.54) is 6.20 Å². The van der Waals surface area contributed by atoms with Crippen LogP contribution in [0.25, 0.3) is 0 Å². The summed E-state index contributed by atoms with van der Waals surface area (Å²) >= 11 is 0. The molecule has 4 N–H and O–H groups in total. The number of hydrogen-bond donors (Lipinski definition) is 4. The van der Waals surface area contributed by atoms with E-state index in [4.69, 9.17) is 10.2 Å². The summed E-state index contributed by atoms with van der Waals surface area (Å²) in [6, 6.07) is 0. The van der Waals surface area contributed by atoms with E-state index in [1.807, 2.05) is 0 Å². The lowest BCUT2D eigenvalue weighted by Gasteiger charge is -2.07. The summed E-state index contributed by atoms with van der Waals surface area (Å²) in [6.45, 7) is -0.504. The van der Waals surface area contributed by atoms with Crippen LogP contribution in [0.15, 0.2) is 17.2 Å². The van der Waals surface area contributed by atoms with Gasteiger partial charge >= 0.3 is 0 Å². The molecule has 0 spiro atoms. The SMILES string of the molecule is O=C(NCC(O)CO)c1c[nH]c(=O)cn1. The molecule has 0 aliphatic rings. The van der Waals surface area contributed by atoms with E-state index < -0.39 is 24.2 Å². The minimum Gasteiger partial charge on any atom is -0.394 e. The van der Waals surface area contributed by atoms with Gasteiger partial charge in [-0.3, -0.25) is 9.59 Å². The highest BCUT2D eigenvalue weighted by molar-refractivity contribution is 5.91. The standard InChI is InChI=1S/C8H11N3O4/c12-4-5(13)1-11-8(15)6-2-10-7(14)3-9-6/h2-3,5,12-13H,1,4H2,(H,10,14)(H,11,15). The first kappa shape index (κ1) is 11.3. The molecule has 0 aliphatic heterocycles. The summed E-state index contributed by atoms with van der Waals surface area (Å²) in [5.41, 5.74) is -0.360. The summed E-state index contributed by atoms with van der Waals surface area (Å²) < 4.78 is 0. The average Bonchev–Trinajstić information content (AvgIpc) is 2.26. The second kappa shape index (κ2) is 5.23. The Hall–Kier alpha value is -1.73. The number of nitrogens with zero attached hydrogens (tertiary/aromatic N) is 1. The Kier molecular flexibility index (Phi) is 3.95. The van der Waals surface area contributed by atoms with Crippen molar-refractivity contribution >= 4 is 5.91 Å². The lowest BCUT2D eigenvalue weighted by molar-refractivity contribution is 0.0798. The van der Waals surface area contributed by atoms with Crippen LogP contribution in [0.3, 0.4) is 0 Å². The van der Waals surface area contributed by atoms with Crippen molar-refractivity contribution < 1.29 is 15.0 Å². The maximum absolute atomic E-state index is 11.3. The lowest BCUT2D eigenvalue weighted by Crippen LogP contribution is -2.34. The molecule has 15 heavy (non-hydrogen) atoms. The second-order valence-corrected chi connectivity index (χ2v) is 2.84. The van der Waals surface area contributed by atoms with Crippen molar-refractivity contribution in [1.29, 1.82) is 0 Å². The summed E-state index contributed by atoms with van der Waals surface area (Å²) in [5, 5.41) is 19.8. The fourth-order valence-electron chi connectivity index (χ4n) is 0.832. The Morgan fingerprint density at radius 2 is 2.40 bits per heavy atom. The predicted molar refractivity (Wildman–Crippen MR) is 50.3 cm³/mol. The minimum atomic E-state index is -1.00. The van der Waals surface area contributed by atoms with Crippen LogP contribution in [-0.4, -0.2) is 45.3 Å². The molecule has 1 rings (SSSR count). The molecule has 0 bridgehead atoms. The number of hydrogen-bond acceptors (Lipinski definition) is 5. The molecular weight excluding hydrogens is 202 g/mol. The van der Waals surface area contributed by atoms with Gasteiger partial charge in [-0.2, -0.15) is 0 Å². The van der Waals surface area contributed by atoms with Crippen molar-refractivity contribution in [3.8, 4) is 0 Å².